The van der Waals surface area contributed by atoms with Crippen LogP contribution in [0.4, 0.5) is 16.2 Å². The van der Waals surface area contributed by atoms with E-state index in [1.807, 2.05) is 48.5 Å². The zero-order chi connectivity index (χ0) is 15.5. The predicted molar refractivity (Wildman–Crippen MR) is 91.7 cm³/mol. The van der Waals surface area contributed by atoms with Crippen LogP contribution in [-0.4, -0.2) is 18.7 Å². The molecule has 1 aliphatic rings. The maximum absolute atomic E-state index is 12.7. The highest BCUT2D eigenvalue weighted by molar-refractivity contribution is 9.10. The average molecular weight is 361 g/mol. The van der Waals surface area contributed by atoms with Crippen LogP contribution in [0.2, 0.25) is 0 Å². The molecule has 0 spiro atoms. The van der Waals surface area contributed by atoms with Gasteiger partial charge in [-0.3, -0.25) is 4.90 Å². The lowest BCUT2D eigenvalue weighted by atomic mass is 10.1. The van der Waals surface area contributed by atoms with Crippen molar-refractivity contribution in [3.63, 3.8) is 0 Å². The topological polar surface area (TPSA) is 41.6 Å². The second kappa shape index (κ2) is 6.40. The van der Waals surface area contributed by atoms with E-state index in [1.54, 1.807) is 4.90 Å². The number of nitrogens with one attached hydrogen (secondary N) is 1. The van der Waals surface area contributed by atoms with Gasteiger partial charge in [-0.1, -0.05) is 31.2 Å². The predicted octanol–water partition coefficient (Wildman–Crippen LogP) is 4.66. The summed E-state index contributed by atoms with van der Waals surface area (Å²) in [5, 5.41) is 2.95. The van der Waals surface area contributed by atoms with Crippen LogP contribution in [0.5, 0.6) is 5.75 Å². The summed E-state index contributed by atoms with van der Waals surface area (Å²) in [6, 6.07) is 15.0. The number of rotatable bonds is 2. The first-order valence-corrected chi connectivity index (χ1v) is 8.07. The van der Waals surface area contributed by atoms with Gasteiger partial charge >= 0.3 is 6.03 Å². The van der Waals surface area contributed by atoms with Crippen LogP contribution in [0.15, 0.2) is 53.0 Å². The minimum absolute atomic E-state index is 0.0138. The minimum atomic E-state index is -0.152. The van der Waals surface area contributed by atoms with Crippen LogP contribution >= 0.6 is 15.9 Å². The summed E-state index contributed by atoms with van der Waals surface area (Å²) in [6.45, 7) is 2.60. The second-order valence-corrected chi connectivity index (χ2v) is 5.99. The van der Waals surface area contributed by atoms with Crippen molar-refractivity contribution in [3.05, 3.63) is 53.0 Å². The Hall–Kier alpha value is -2.01. The van der Waals surface area contributed by atoms with E-state index in [0.717, 1.165) is 28.0 Å². The molecule has 0 bridgehead atoms. The van der Waals surface area contributed by atoms with Crippen molar-refractivity contribution in [1.29, 1.82) is 0 Å². The Balaban J connectivity index is 1.87. The molecule has 1 heterocycles. The fourth-order valence-electron chi connectivity index (χ4n) is 2.45. The number of hydrogen-bond acceptors (Lipinski definition) is 2. The molecule has 4 nitrogen and oxygen atoms in total. The summed E-state index contributed by atoms with van der Waals surface area (Å²) in [7, 11) is 0. The Labute approximate surface area is 138 Å². The molecule has 1 atom stereocenters. The summed E-state index contributed by atoms with van der Waals surface area (Å²) in [5.41, 5.74) is 1.56. The van der Waals surface area contributed by atoms with Crippen molar-refractivity contribution in [2.24, 2.45) is 0 Å². The van der Waals surface area contributed by atoms with Crippen LogP contribution in [-0.2, 0) is 0 Å². The third-order valence-corrected chi connectivity index (χ3v) is 4.34. The van der Waals surface area contributed by atoms with E-state index in [-0.39, 0.29) is 12.1 Å². The first-order valence-electron chi connectivity index (χ1n) is 7.27. The number of para-hydroxylation sites is 3. The highest BCUT2D eigenvalue weighted by Gasteiger charge is 2.28. The number of urea groups is 1. The number of carbonyl (C=O) groups excluding carboxylic acids is 1. The Morgan fingerprint density at radius 1 is 1.27 bits per heavy atom. The van der Waals surface area contributed by atoms with E-state index in [0.29, 0.717) is 6.54 Å². The highest BCUT2D eigenvalue weighted by atomic mass is 79.9. The summed E-state index contributed by atoms with van der Waals surface area (Å²) in [5.74, 6) is 0.753. The van der Waals surface area contributed by atoms with Crippen molar-refractivity contribution in [2.45, 2.75) is 19.4 Å². The molecular formula is C17H17BrN2O2. The molecule has 0 aromatic heterocycles. The largest absolute Gasteiger partial charge is 0.486 e. The zero-order valence-corrected chi connectivity index (χ0v) is 13.8. The van der Waals surface area contributed by atoms with E-state index in [4.69, 9.17) is 4.74 Å². The third kappa shape index (κ3) is 2.95. The van der Waals surface area contributed by atoms with Gasteiger partial charge in [0.05, 0.1) is 17.9 Å². The van der Waals surface area contributed by atoms with Crippen LogP contribution in [0.25, 0.3) is 0 Å². The molecule has 1 aliphatic heterocycles. The highest BCUT2D eigenvalue weighted by Crippen LogP contribution is 2.34. The normalized spacial score (nSPS) is 16.6. The van der Waals surface area contributed by atoms with Gasteiger partial charge < -0.3 is 10.1 Å². The molecule has 5 heteroatoms. The van der Waals surface area contributed by atoms with Gasteiger partial charge in [-0.05, 0) is 46.6 Å². The van der Waals surface area contributed by atoms with Crippen LogP contribution in [0.1, 0.15) is 13.3 Å². The Morgan fingerprint density at radius 2 is 2.00 bits per heavy atom. The SMILES string of the molecule is CC[C@@H]1CN(C(=O)Nc2ccccc2Br)c2ccccc2O1. The van der Waals surface area contributed by atoms with Crippen molar-refractivity contribution < 1.29 is 9.53 Å². The molecule has 0 radical (unpaired) electrons. The number of nitrogens with zero attached hydrogens (tertiary/aromatic N) is 1. The van der Waals surface area contributed by atoms with E-state index >= 15 is 0 Å². The van der Waals surface area contributed by atoms with Gasteiger partial charge in [0, 0.05) is 4.47 Å². The van der Waals surface area contributed by atoms with Crippen molar-refractivity contribution in [3.8, 4) is 5.75 Å². The molecule has 114 valence electrons. The maximum atomic E-state index is 12.7. The maximum Gasteiger partial charge on any atom is 0.326 e. The van der Waals surface area contributed by atoms with Crippen LogP contribution in [0.3, 0.4) is 0 Å². The van der Waals surface area contributed by atoms with Crippen molar-refractivity contribution >= 4 is 33.3 Å². The number of benzene rings is 2. The first-order chi connectivity index (χ1) is 10.7. The van der Waals surface area contributed by atoms with Gasteiger partial charge in [-0.15, -0.1) is 0 Å². The van der Waals surface area contributed by atoms with Crippen molar-refractivity contribution in [2.75, 3.05) is 16.8 Å². The Morgan fingerprint density at radius 3 is 2.77 bits per heavy atom. The number of ether oxygens (including phenoxy) is 1. The smallest absolute Gasteiger partial charge is 0.326 e. The van der Waals surface area contributed by atoms with Crippen molar-refractivity contribution in [1.82, 2.24) is 0 Å². The lowest BCUT2D eigenvalue weighted by molar-refractivity contribution is 0.188. The van der Waals surface area contributed by atoms with Crippen LogP contribution in [0, 0.1) is 0 Å². The van der Waals surface area contributed by atoms with E-state index in [9.17, 15) is 4.79 Å². The summed E-state index contributed by atoms with van der Waals surface area (Å²) >= 11 is 3.45. The average Bonchev–Trinajstić information content (AvgIpc) is 2.55. The van der Waals surface area contributed by atoms with Gasteiger partial charge in [0.15, 0.2) is 0 Å². The number of hydrogen-bond donors (Lipinski definition) is 1. The number of carbonyl (C=O) groups is 1. The molecule has 0 fully saturated rings. The summed E-state index contributed by atoms with van der Waals surface area (Å²) in [4.78, 5) is 14.4. The van der Waals surface area contributed by atoms with E-state index in [2.05, 4.69) is 28.2 Å². The molecule has 22 heavy (non-hydrogen) atoms. The van der Waals surface area contributed by atoms with E-state index in [1.165, 1.54) is 0 Å². The Bertz CT molecular complexity index is 690. The van der Waals surface area contributed by atoms with E-state index < -0.39 is 0 Å². The van der Waals surface area contributed by atoms with Crippen LogP contribution < -0.4 is 15.0 Å². The van der Waals surface area contributed by atoms with Gasteiger partial charge in [0.2, 0.25) is 0 Å². The quantitative estimate of drug-likeness (QED) is 0.845. The standard InChI is InChI=1S/C17H17BrN2O2/c1-2-12-11-20(15-9-5-6-10-16(15)22-12)17(21)19-14-8-4-3-7-13(14)18/h3-10,12H,2,11H2,1H3,(H,19,21)/t12-/m1/s1. The monoisotopic (exact) mass is 360 g/mol. The van der Waals surface area contributed by atoms with Gasteiger partial charge in [-0.25, -0.2) is 4.79 Å². The molecule has 3 rings (SSSR count). The van der Waals surface area contributed by atoms with Gasteiger partial charge in [-0.2, -0.15) is 0 Å². The molecule has 0 aliphatic carbocycles. The Kier molecular flexibility index (Phi) is 4.34. The number of amides is 2. The third-order valence-electron chi connectivity index (χ3n) is 3.65. The first kappa shape index (κ1) is 14.9. The van der Waals surface area contributed by atoms with Gasteiger partial charge in [0.25, 0.3) is 0 Å². The molecule has 2 aromatic rings. The molecular weight excluding hydrogens is 344 g/mol. The summed E-state index contributed by atoms with van der Waals surface area (Å²) in [6.07, 6.45) is 0.868. The minimum Gasteiger partial charge on any atom is -0.486 e. The lowest BCUT2D eigenvalue weighted by Crippen LogP contribution is -2.45. The molecule has 0 unspecified atom stereocenters. The fourth-order valence-corrected chi connectivity index (χ4v) is 2.83. The summed E-state index contributed by atoms with van der Waals surface area (Å²) < 4.78 is 6.76. The zero-order valence-electron chi connectivity index (χ0n) is 12.3. The number of halogens is 1. The molecule has 0 saturated heterocycles. The number of fused-ring (bicyclic) bond motifs is 1. The lowest BCUT2D eigenvalue weighted by Gasteiger charge is -2.34. The molecule has 1 N–H and O–H groups in total. The molecule has 2 aromatic carbocycles. The molecule has 0 saturated carbocycles. The molecule has 2 amide bonds. The second-order valence-electron chi connectivity index (χ2n) is 5.14. The fraction of sp³-hybridized carbons (Fsp3) is 0.235. The van der Waals surface area contributed by atoms with Gasteiger partial charge in [0.1, 0.15) is 11.9 Å². The number of anilines is 2.